The molecule has 1 aliphatic rings. The van der Waals surface area contributed by atoms with Crippen LogP contribution in [0.5, 0.6) is 0 Å². The lowest BCUT2D eigenvalue weighted by Crippen LogP contribution is -2.16. The van der Waals surface area contributed by atoms with Crippen molar-refractivity contribution in [3.8, 4) is 11.1 Å². The zero-order valence-electron chi connectivity index (χ0n) is 15.6. The summed E-state index contributed by atoms with van der Waals surface area (Å²) < 4.78 is 5.07. The monoisotopic (exact) mass is 335 g/mol. The number of aliphatic imine (C=N–C) groups is 1. The number of esters is 1. The van der Waals surface area contributed by atoms with Crippen LogP contribution in [0, 0.1) is 33.6 Å². The third-order valence-corrected chi connectivity index (χ3v) is 4.99. The molecule has 3 rings (SSSR count). The molecule has 0 N–H and O–H groups in total. The third-order valence-electron chi connectivity index (χ3n) is 4.99. The van der Waals surface area contributed by atoms with E-state index in [1.165, 1.54) is 27.8 Å². The van der Waals surface area contributed by atoms with Crippen molar-refractivity contribution in [3.63, 3.8) is 0 Å². The molecule has 1 atom stereocenters. The van der Waals surface area contributed by atoms with Crippen molar-refractivity contribution in [2.45, 2.75) is 41.0 Å². The summed E-state index contributed by atoms with van der Waals surface area (Å²) in [6, 6.07) is 10.6. The van der Waals surface area contributed by atoms with E-state index in [2.05, 4.69) is 45.9 Å². The van der Waals surface area contributed by atoms with Gasteiger partial charge in [0.2, 0.25) is 0 Å². The maximum Gasteiger partial charge on any atom is 0.314 e. The second kappa shape index (κ2) is 6.83. The van der Waals surface area contributed by atoms with E-state index in [1.54, 1.807) is 0 Å². The lowest BCUT2D eigenvalue weighted by molar-refractivity contribution is -0.139. The number of cyclic esters (lactones) is 1. The Bertz CT molecular complexity index is 841. The molecule has 1 unspecified atom stereocenters. The van der Waals surface area contributed by atoms with Crippen LogP contribution < -0.4 is 0 Å². The first-order chi connectivity index (χ1) is 11.9. The largest absolute Gasteiger partial charge is 0.465 e. The van der Waals surface area contributed by atoms with E-state index < -0.39 is 0 Å². The summed E-state index contributed by atoms with van der Waals surface area (Å²) in [7, 11) is 0. The van der Waals surface area contributed by atoms with Gasteiger partial charge in [-0.2, -0.15) is 0 Å². The summed E-state index contributed by atoms with van der Waals surface area (Å²) in [5.74, 6) is -0.355. The number of hydrogen-bond donors (Lipinski definition) is 0. The summed E-state index contributed by atoms with van der Waals surface area (Å²) in [6.45, 7) is 11.0. The standard InChI is InChI=1S/C22H25NO2/c1-13-11-14(2)21(15(3)12-13)18-7-6-8-20(16(18)4)23-17(5)19-9-10-25-22(19)24/h6-8,11-12,19H,9-10H2,1-5H3. The molecule has 1 heterocycles. The molecule has 2 aromatic rings. The van der Waals surface area contributed by atoms with Crippen molar-refractivity contribution in [2.75, 3.05) is 6.61 Å². The molecular weight excluding hydrogens is 310 g/mol. The smallest absolute Gasteiger partial charge is 0.314 e. The van der Waals surface area contributed by atoms with E-state index in [0.29, 0.717) is 6.61 Å². The highest BCUT2D eigenvalue weighted by Crippen LogP contribution is 2.35. The lowest BCUT2D eigenvalue weighted by atomic mass is 9.90. The molecule has 0 saturated carbocycles. The van der Waals surface area contributed by atoms with Crippen LogP contribution in [0.1, 0.15) is 35.6 Å². The summed E-state index contributed by atoms with van der Waals surface area (Å²) >= 11 is 0. The van der Waals surface area contributed by atoms with Crippen molar-refractivity contribution in [1.82, 2.24) is 0 Å². The second-order valence-electron chi connectivity index (χ2n) is 6.99. The average Bonchev–Trinajstić information content (AvgIpc) is 2.96. The molecule has 2 aromatic carbocycles. The van der Waals surface area contributed by atoms with Crippen LogP contribution in [-0.2, 0) is 9.53 Å². The molecule has 0 aromatic heterocycles. The highest BCUT2D eigenvalue weighted by atomic mass is 16.5. The first kappa shape index (κ1) is 17.4. The van der Waals surface area contributed by atoms with Gasteiger partial charge in [0, 0.05) is 12.1 Å². The van der Waals surface area contributed by atoms with Gasteiger partial charge in [-0.15, -0.1) is 0 Å². The first-order valence-electron chi connectivity index (χ1n) is 8.78. The minimum absolute atomic E-state index is 0.153. The van der Waals surface area contributed by atoms with E-state index in [-0.39, 0.29) is 11.9 Å². The van der Waals surface area contributed by atoms with Crippen LogP contribution in [0.3, 0.4) is 0 Å². The Morgan fingerprint density at radius 1 is 1.12 bits per heavy atom. The van der Waals surface area contributed by atoms with Crippen LogP contribution in [0.2, 0.25) is 0 Å². The van der Waals surface area contributed by atoms with Crippen LogP contribution in [0.4, 0.5) is 5.69 Å². The Balaban J connectivity index is 2.06. The Kier molecular flexibility index (Phi) is 4.76. The quantitative estimate of drug-likeness (QED) is 0.568. The van der Waals surface area contributed by atoms with Gasteiger partial charge in [0.25, 0.3) is 0 Å². The van der Waals surface area contributed by atoms with E-state index in [4.69, 9.17) is 9.73 Å². The fourth-order valence-electron chi connectivity index (χ4n) is 3.76. The van der Waals surface area contributed by atoms with Gasteiger partial charge in [-0.1, -0.05) is 29.8 Å². The fourth-order valence-corrected chi connectivity index (χ4v) is 3.76. The normalized spacial score (nSPS) is 17.7. The molecule has 130 valence electrons. The van der Waals surface area contributed by atoms with E-state index in [1.807, 2.05) is 19.1 Å². The number of nitrogens with zero attached hydrogens (tertiary/aromatic N) is 1. The van der Waals surface area contributed by atoms with Crippen molar-refractivity contribution in [1.29, 1.82) is 0 Å². The predicted molar refractivity (Wildman–Crippen MR) is 103 cm³/mol. The molecule has 0 aliphatic carbocycles. The van der Waals surface area contributed by atoms with Gasteiger partial charge in [0.1, 0.15) is 0 Å². The highest BCUT2D eigenvalue weighted by molar-refractivity contribution is 6.03. The number of benzene rings is 2. The Hall–Kier alpha value is -2.42. The third kappa shape index (κ3) is 3.37. The molecule has 1 fully saturated rings. The predicted octanol–water partition coefficient (Wildman–Crippen LogP) is 5.24. The highest BCUT2D eigenvalue weighted by Gasteiger charge is 2.29. The zero-order chi connectivity index (χ0) is 18.1. The van der Waals surface area contributed by atoms with Gasteiger partial charge in [-0.25, -0.2) is 0 Å². The average molecular weight is 335 g/mol. The number of rotatable bonds is 3. The topological polar surface area (TPSA) is 38.7 Å². The van der Waals surface area contributed by atoms with Crippen molar-refractivity contribution < 1.29 is 9.53 Å². The van der Waals surface area contributed by atoms with Gasteiger partial charge < -0.3 is 4.74 Å². The molecule has 1 aliphatic heterocycles. The summed E-state index contributed by atoms with van der Waals surface area (Å²) in [4.78, 5) is 16.6. The summed E-state index contributed by atoms with van der Waals surface area (Å²) in [5.41, 5.74) is 9.21. The molecule has 0 amide bonds. The minimum Gasteiger partial charge on any atom is -0.465 e. The van der Waals surface area contributed by atoms with Crippen LogP contribution in [0.25, 0.3) is 11.1 Å². The van der Waals surface area contributed by atoms with Crippen LogP contribution in [0.15, 0.2) is 35.3 Å². The van der Waals surface area contributed by atoms with E-state index in [9.17, 15) is 4.79 Å². The molecular formula is C22H25NO2. The Labute approximate surface area is 149 Å². The van der Waals surface area contributed by atoms with Gasteiger partial charge in [0.05, 0.1) is 18.2 Å². The lowest BCUT2D eigenvalue weighted by Gasteiger charge is -2.16. The molecule has 0 bridgehead atoms. The molecule has 0 spiro atoms. The van der Waals surface area contributed by atoms with Gasteiger partial charge in [-0.05, 0) is 68.5 Å². The van der Waals surface area contributed by atoms with Crippen LogP contribution >= 0.6 is 0 Å². The van der Waals surface area contributed by atoms with Gasteiger partial charge in [0.15, 0.2) is 0 Å². The van der Waals surface area contributed by atoms with Gasteiger partial charge >= 0.3 is 5.97 Å². The summed E-state index contributed by atoms with van der Waals surface area (Å²) in [6.07, 6.45) is 0.725. The summed E-state index contributed by atoms with van der Waals surface area (Å²) in [5, 5.41) is 0. The fraction of sp³-hybridized carbons (Fsp3) is 0.364. The number of aryl methyl sites for hydroxylation is 3. The number of ether oxygens (including phenoxy) is 1. The first-order valence-corrected chi connectivity index (χ1v) is 8.78. The molecule has 3 nitrogen and oxygen atoms in total. The zero-order valence-corrected chi connectivity index (χ0v) is 15.6. The Morgan fingerprint density at radius 2 is 1.80 bits per heavy atom. The SMILES string of the molecule is CC(=Nc1cccc(-c2c(C)cc(C)cc2C)c1C)C1CCOC1=O. The Morgan fingerprint density at radius 3 is 2.40 bits per heavy atom. The number of hydrogen-bond acceptors (Lipinski definition) is 3. The number of carbonyl (C=O) groups excluding carboxylic acids is 1. The maximum absolute atomic E-state index is 11.8. The van der Waals surface area contributed by atoms with E-state index >= 15 is 0 Å². The minimum atomic E-state index is -0.203. The molecule has 3 heteroatoms. The maximum atomic E-state index is 11.8. The van der Waals surface area contributed by atoms with Gasteiger partial charge in [-0.3, -0.25) is 9.79 Å². The molecule has 0 radical (unpaired) electrons. The second-order valence-corrected chi connectivity index (χ2v) is 6.99. The van der Waals surface area contributed by atoms with E-state index in [0.717, 1.165) is 23.4 Å². The van der Waals surface area contributed by atoms with Crippen molar-refractivity contribution >= 4 is 17.4 Å². The molecule has 25 heavy (non-hydrogen) atoms. The van der Waals surface area contributed by atoms with Crippen LogP contribution in [-0.4, -0.2) is 18.3 Å². The van der Waals surface area contributed by atoms with Crippen molar-refractivity contribution in [2.24, 2.45) is 10.9 Å². The number of carbonyl (C=O) groups is 1. The van der Waals surface area contributed by atoms with Crippen molar-refractivity contribution in [3.05, 3.63) is 52.6 Å². The molecule has 1 saturated heterocycles.